The van der Waals surface area contributed by atoms with Gasteiger partial charge in [0.1, 0.15) is 5.82 Å². The van der Waals surface area contributed by atoms with Crippen LogP contribution in [0.1, 0.15) is 43.7 Å². The second-order valence-electron chi connectivity index (χ2n) is 5.83. The zero-order valence-corrected chi connectivity index (χ0v) is 10.1. The van der Waals surface area contributed by atoms with E-state index in [0.717, 1.165) is 29.7 Å². The average Bonchev–Trinajstić information content (AvgIpc) is 2.91. The fourth-order valence-electron chi connectivity index (χ4n) is 3.84. The molecule has 0 heterocycles. The summed E-state index contributed by atoms with van der Waals surface area (Å²) in [5.74, 6) is 2.53. The first-order valence-electron chi connectivity index (χ1n) is 6.73. The van der Waals surface area contributed by atoms with E-state index in [1.54, 1.807) is 0 Å². The highest BCUT2D eigenvalue weighted by atomic mass is 19.1. The zero-order valence-electron chi connectivity index (χ0n) is 10.1. The van der Waals surface area contributed by atoms with Gasteiger partial charge in [-0.1, -0.05) is 18.6 Å². The van der Waals surface area contributed by atoms with Gasteiger partial charge in [-0.15, -0.1) is 0 Å². The van der Waals surface area contributed by atoms with Crippen LogP contribution in [0.25, 0.3) is 0 Å². The highest BCUT2D eigenvalue weighted by Crippen LogP contribution is 2.50. The molecule has 0 amide bonds. The van der Waals surface area contributed by atoms with Crippen LogP contribution in [-0.2, 0) is 0 Å². The van der Waals surface area contributed by atoms with Gasteiger partial charge in [-0.05, 0) is 61.1 Å². The predicted molar refractivity (Wildman–Crippen MR) is 66.9 cm³/mol. The SMILES string of the molecule is NC(CC1CC2CCC1C2)c1ccc(F)cc1. The largest absolute Gasteiger partial charge is 0.324 e. The van der Waals surface area contributed by atoms with Gasteiger partial charge in [-0.3, -0.25) is 0 Å². The molecule has 17 heavy (non-hydrogen) atoms. The monoisotopic (exact) mass is 233 g/mol. The summed E-state index contributed by atoms with van der Waals surface area (Å²) in [5.41, 5.74) is 7.31. The first-order chi connectivity index (χ1) is 8.22. The Hall–Kier alpha value is -0.890. The van der Waals surface area contributed by atoms with Crippen LogP contribution in [-0.4, -0.2) is 0 Å². The minimum absolute atomic E-state index is 0.0833. The lowest BCUT2D eigenvalue weighted by Crippen LogP contribution is -2.19. The topological polar surface area (TPSA) is 26.0 Å². The molecule has 2 aliphatic carbocycles. The maximum absolute atomic E-state index is 12.8. The van der Waals surface area contributed by atoms with Crippen molar-refractivity contribution < 1.29 is 4.39 Å². The Morgan fingerprint density at radius 2 is 1.94 bits per heavy atom. The van der Waals surface area contributed by atoms with E-state index in [1.807, 2.05) is 12.1 Å². The number of fused-ring (bicyclic) bond motifs is 2. The molecule has 1 aromatic carbocycles. The number of rotatable bonds is 3. The maximum atomic E-state index is 12.8. The van der Waals surface area contributed by atoms with Crippen LogP contribution in [0.4, 0.5) is 4.39 Å². The molecule has 0 aromatic heterocycles. The lowest BCUT2D eigenvalue weighted by atomic mass is 9.83. The van der Waals surface area contributed by atoms with Gasteiger partial charge in [0.15, 0.2) is 0 Å². The second-order valence-corrected chi connectivity index (χ2v) is 5.83. The van der Waals surface area contributed by atoms with Gasteiger partial charge in [0, 0.05) is 6.04 Å². The molecule has 4 unspecified atom stereocenters. The molecule has 1 aromatic rings. The molecule has 2 fully saturated rings. The predicted octanol–water partition coefficient (Wildman–Crippen LogP) is 3.65. The summed E-state index contributed by atoms with van der Waals surface area (Å²) in [6.45, 7) is 0. The highest BCUT2D eigenvalue weighted by molar-refractivity contribution is 5.19. The van der Waals surface area contributed by atoms with Crippen LogP contribution in [0.15, 0.2) is 24.3 Å². The molecule has 0 aliphatic heterocycles. The van der Waals surface area contributed by atoms with Crippen molar-refractivity contribution >= 4 is 0 Å². The standard InChI is InChI=1S/C15H20FN/c16-14-5-3-11(4-6-14)15(17)9-13-8-10-1-2-12(13)7-10/h3-6,10,12-13,15H,1-2,7-9,17H2. The van der Waals surface area contributed by atoms with Crippen molar-refractivity contribution in [3.63, 3.8) is 0 Å². The number of halogens is 1. The summed E-state index contributed by atoms with van der Waals surface area (Å²) < 4.78 is 12.8. The van der Waals surface area contributed by atoms with Gasteiger partial charge in [-0.25, -0.2) is 4.39 Å². The third-order valence-corrected chi connectivity index (χ3v) is 4.74. The first kappa shape index (κ1) is 11.2. The zero-order chi connectivity index (χ0) is 11.8. The molecule has 0 saturated heterocycles. The van der Waals surface area contributed by atoms with Gasteiger partial charge in [0.2, 0.25) is 0 Å². The molecule has 2 bridgehead atoms. The lowest BCUT2D eigenvalue weighted by molar-refractivity contribution is 0.296. The molecule has 0 radical (unpaired) electrons. The van der Waals surface area contributed by atoms with Crippen LogP contribution in [0.3, 0.4) is 0 Å². The summed E-state index contributed by atoms with van der Waals surface area (Å²) in [6, 6.07) is 6.76. The minimum atomic E-state index is -0.180. The Bertz CT molecular complexity index is 386. The summed E-state index contributed by atoms with van der Waals surface area (Å²) >= 11 is 0. The fraction of sp³-hybridized carbons (Fsp3) is 0.600. The van der Waals surface area contributed by atoms with E-state index in [9.17, 15) is 4.39 Å². The highest BCUT2D eigenvalue weighted by Gasteiger charge is 2.39. The van der Waals surface area contributed by atoms with Crippen LogP contribution in [0.5, 0.6) is 0 Å². The first-order valence-corrected chi connectivity index (χ1v) is 6.73. The molecule has 2 saturated carbocycles. The van der Waals surface area contributed by atoms with E-state index < -0.39 is 0 Å². The van der Waals surface area contributed by atoms with Gasteiger partial charge < -0.3 is 5.73 Å². The van der Waals surface area contributed by atoms with Gasteiger partial charge in [-0.2, -0.15) is 0 Å². The Morgan fingerprint density at radius 1 is 1.18 bits per heavy atom. The number of hydrogen-bond acceptors (Lipinski definition) is 1. The number of hydrogen-bond donors (Lipinski definition) is 1. The normalized spacial score (nSPS) is 32.9. The molecule has 3 rings (SSSR count). The Labute approximate surface area is 102 Å². The van der Waals surface area contributed by atoms with Crippen LogP contribution >= 0.6 is 0 Å². The molecule has 92 valence electrons. The smallest absolute Gasteiger partial charge is 0.123 e. The van der Waals surface area contributed by atoms with Crippen LogP contribution in [0.2, 0.25) is 0 Å². The van der Waals surface area contributed by atoms with Crippen molar-refractivity contribution in [2.24, 2.45) is 23.5 Å². The molecular formula is C15H20FN. The number of nitrogens with two attached hydrogens (primary N) is 1. The minimum Gasteiger partial charge on any atom is -0.324 e. The van der Waals surface area contributed by atoms with Gasteiger partial charge in [0.05, 0.1) is 0 Å². The van der Waals surface area contributed by atoms with E-state index in [4.69, 9.17) is 5.73 Å². The maximum Gasteiger partial charge on any atom is 0.123 e. The quantitative estimate of drug-likeness (QED) is 0.847. The van der Waals surface area contributed by atoms with Crippen molar-refractivity contribution in [1.82, 2.24) is 0 Å². The molecule has 2 heteroatoms. The Morgan fingerprint density at radius 3 is 2.53 bits per heavy atom. The van der Waals surface area contributed by atoms with E-state index in [0.29, 0.717) is 0 Å². The van der Waals surface area contributed by atoms with E-state index in [1.165, 1.54) is 37.8 Å². The molecule has 0 spiro atoms. The molecule has 1 nitrogen and oxygen atoms in total. The van der Waals surface area contributed by atoms with Crippen molar-refractivity contribution in [3.8, 4) is 0 Å². The molecule has 2 N–H and O–H groups in total. The van der Waals surface area contributed by atoms with Crippen LogP contribution < -0.4 is 5.73 Å². The average molecular weight is 233 g/mol. The van der Waals surface area contributed by atoms with E-state index in [2.05, 4.69) is 0 Å². The van der Waals surface area contributed by atoms with Crippen molar-refractivity contribution in [2.45, 2.75) is 38.1 Å². The third-order valence-electron chi connectivity index (χ3n) is 4.74. The summed E-state index contributed by atoms with van der Waals surface area (Å²) in [6.07, 6.45) is 6.73. The molecule has 4 atom stereocenters. The summed E-state index contributed by atoms with van der Waals surface area (Å²) in [7, 11) is 0. The molecule has 2 aliphatic rings. The molecular weight excluding hydrogens is 213 g/mol. The summed E-state index contributed by atoms with van der Waals surface area (Å²) in [5, 5.41) is 0. The number of benzene rings is 1. The van der Waals surface area contributed by atoms with Crippen molar-refractivity contribution in [2.75, 3.05) is 0 Å². The van der Waals surface area contributed by atoms with Gasteiger partial charge >= 0.3 is 0 Å². The second kappa shape index (κ2) is 4.41. The van der Waals surface area contributed by atoms with Crippen molar-refractivity contribution in [3.05, 3.63) is 35.6 Å². The van der Waals surface area contributed by atoms with Crippen LogP contribution in [0, 0.1) is 23.6 Å². The third kappa shape index (κ3) is 2.23. The van der Waals surface area contributed by atoms with Gasteiger partial charge in [0.25, 0.3) is 0 Å². The van der Waals surface area contributed by atoms with E-state index in [-0.39, 0.29) is 11.9 Å². The van der Waals surface area contributed by atoms with Crippen molar-refractivity contribution in [1.29, 1.82) is 0 Å². The lowest BCUT2D eigenvalue weighted by Gasteiger charge is -2.24. The fourth-order valence-corrected chi connectivity index (χ4v) is 3.84. The van der Waals surface area contributed by atoms with E-state index >= 15 is 0 Å². The Balaban J connectivity index is 1.63. The summed E-state index contributed by atoms with van der Waals surface area (Å²) in [4.78, 5) is 0. The Kier molecular flexibility index (Phi) is 2.91.